The number of benzene rings is 2. The molecule has 0 aliphatic carbocycles. The fourth-order valence-electron chi connectivity index (χ4n) is 3.52. The largest absolute Gasteiger partial charge is 0.322 e. The molecule has 35 heavy (non-hydrogen) atoms. The predicted molar refractivity (Wildman–Crippen MR) is 143 cm³/mol. The molecular formula is C27H34ClN5O2. The lowest BCUT2D eigenvalue weighted by molar-refractivity contribution is -0.116. The first-order chi connectivity index (χ1) is 16.6. The zero-order chi connectivity index (χ0) is 25.6. The van der Waals surface area contributed by atoms with Crippen molar-refractivity contribution in [1.29, 1.82) is 0 Å². The minimum absolute atomic E-state index is 0.0871. The Labute approximate surface area is 212 Å². The predicted octanol–water partition coefficient (Wildman–Crippen LogP) is 6.40. The fraction of sp³-hybridized carbons (Fsp3) is 0.370. The summed E-state index contributed by atoms with van der Waals surface area (Å²) in [4.78, 5) is 27.6. The highest BCUT2D eigenvalue weighted by Crippen LogP contribution is 2.26. The molecule has 7 nitrogen and oxygen atoms in total. The summed E-state index contributed by atoms with van der Waals surface area (Å²) in [7, 11) is 0. The van der Waals surface area contributed by atoms with E-state index in [1.54, 1.807) is 28.9 Å². The highest BCUT2D eigenvalue weighted by Gasteiger charge is 2.23. The van der Waals surface area contributed by atoms with Crippen LogP contribution in [0.3, 0.4) is 0 Å². The maximum Gasteiger partial charge on any atom is 0.322 e. The summed E-state index contributed by atoms with van der Waals surface area (Å²) in [6.07, 6.45) is 1.68. The van der Waals surface area contributed by atoms with Gasteiger partial charge in [0.05, 0.1) is 11.4 Å². The van der Waals surface area contributed by atoms with E-state index >= 15 is 0 Å². The normalized spacial score (nSPS) is 11.3. The van der Waals surface area contributed by atoms with Crippen LogP contribution in [0.25, 0.3) is 5.69 Å². The van der Waals surface area contributed by atoms with Gasteiger partial charge in [-0.15, -0.1) is 0 Å². The molecule has 2 aromatic carbocycles. The molecule has 0 fully saturated rings. The third-order valence-electron chi connectivity index (χ3n) is 5.47. The van der Waals surface area contributed by atoms with Gasteiger partial charge in [-0.05, 0) is 49.2 Å². The molecule has 3 aromatic rings. The summed E-state index contributed by atoms with van der Waals surface area (Å²) < 4.78 is 1.74. The van der Waals surface area contributed by atoms with E-state index in [9.17, 15) is 9.59 Å². The van der Waals surface area contributed by atoms with Crippen LogP contribution in [-0.2, 0) is 10.2 Å². The molecule has 0 atom stereocenters. The van der Waals surface area contributed by atoms with Crippen LogP contribution in [0.4, 0.5) is 16.3 Å². The Morgan fingerprint density at radius 2 is 1.80 bits per heavy atom. The number of amides is 3. The van der Waals surface area contributed by atoms with Gasteiger partial charge in [-0.3, -0.25) is 4.79 Å². The van der Waals surface area contributed by atoms with Crippen LogP contribution in [0.2, 0.25) is 5.02 Å². The van der Waals surface area contributed by atoms with E-state index in [-0.39, 0.29) is 23.9 Å². The summed E-state index contributed by atoms with van der Waals surface area (Å²) in [6, 6.07) is 16.4. The van der Waals surface area contributed by atoms with Gasteiger partial charge in [-0.2, -0.15) is 5.10 Å². The SMILES string of the molecule is CCCCN(CC(=O)Nc1cc(C(C)(C)C)nn1-c1cccc(C)c1)C(=O)Nc1cccc(Cl)c1. The lowest BCUT2D eigenvalue weighted by Gasteiger charge is -2.22. The van der Waals surface area contributed by atoms with E-state index in [0.717, 1.165) is 29.8 Å². The van der Waals surface area contributed by atoms with Gasteiger partial charge in [0, 0.05) is 28.7 Å². The number of halogens is 1. The number of anilines is 2. The summed E-state index contributed by atoms with van der Waals surface area (Å²) >= 11 is 6.04. The van der Waals surface area contributed by atoms with Crippen molar-refractivity contribution in [2.24, 2.45) is 0 Å². The molecule has 1 heterocycles. The average Bonchev–Trinajstić information content (AvgIpc) is 3.21. The van der Waals surface area contributed by atoms with Crippen LogP contribution >= 0.6 is 11.6 Å². The number of aromatic nitrogens is 2. The Kier molecular flexibility index (Phi) is 8.57. The summed E-state index contributed by atoms with van der Waals surface area (Å²) in [5.74, 6) is 0.271. The van der Waals surface area contributed by atoms with E-state index in [2.05, 4.69) is 31.4 Å². The first-order valence-electron chi connectivity index (χ1n) is 11.9. The summed E-state index contributed by atoms with van der Waals surface area (Å²) in [6.45, 7) is 10.7. The highest BCUT2D eigenvalue weighted by molar-refractivity contribution is 6.30. The Hall–Kier alpha value is -3.32. The molecule has 1 aromatic heterocycles. The average molecular weight is 496 g/mol. The molecule has 0 bridgehead atoms. The number of carbonyl (C=O) groups excluding carboxylic acids is 2. The molecule has 0 saturated carbocycles. The number of urea groups is 1. The van der Waals surface area contributed by atoms with Crippen molar-refractivity contribution in [2.45, 2.75) is 52.9 Å². The first kappa shape index (κ1) is 26.3. The number of nitrogens with one attached hydrogen (secondary N) is 2. The number of hydrogen-bond acceptors (Lipinski definition) is 3. The molecule has 0 aliphatic heterocycles. The number of rotatable bonds is 8. The molecule has 0 saturated heterocycles. The molecule has 186 valence electrons. The van der Waals surface area contributed by atoms with E-state index in [1.807, 2.05) is 44.2 Å². The molecule has 3 rings (SSSR count). The lowest BCUT2D eigenvalue weighted by Crippen LogP contribution is -2.41. The van der Waals surface area contributed by atoms with Crippen LogP contribution in [0.15, 0.2) is 54.6 Å². The van der Waals surface area contributed by atoms with Crippen molar-refractivity contribution >= 4 is 35.0 Å². The molecule has 8 heteroatoms. The molecule has 0 aliphatic rings. The van der Waals surface area contributed by atoms with Crippen LogP contribution < -0.4 is 10.6 Å². The van der Waals surface area contributed by atoms with Crippen LogP contribution in [0.5, 0.6) is 0 Å². The minimum Gasteiger partial charge on any atom is -0.315 e. The zero-order valence-corrected chi connectivity index (χ0v) is 21.8. The van der Waals surface area contributed by atoms with Gasteiger partial charge in [-0.1, -0.05) is 63.9 Å². The van der Waals surface area contributed by atoms with Crippen molar-refractivity contribution < 1.29 is 9.59 Å². The van der Waals surface area contributed by atoms with Gasteiger partial charge in [0.1, 0.15) is 12.4 Å². The minimum atomic E-state index is -0.349. The van der Waals surface area contributed by atoms with E-state index < -0.39 is 0 Å². The molecule has 3 amide bonds. The smallest absolute Gasteiger partial charge is 0.315 e. The number of hydrogen-bond donors (Lipinski definition) is 2. The Bertz CT molecular complexity index is 1180. The van der Waals surface area contributed by atoms with Gasteiger partial charge in [0.15, 0.2) is 0 Å². The molecular weight excluding hydrogens is 462 g/mol. The second-order valence-electron chi connectivity index (χ2n) is 9.68. The Morgan fingerprint density at radius 1 is 1.06 bits per heavy atom. The number of unbranched alkanes of at least 4 members (excludes halogenated alkanes) is 1. The molecule has 2 N–H and O–H groups in total. The third kappa shape index (κ3) is 7.33. The molecule has 0 unspecified atom stereocenters. The summed E-state index contributed by atoms with van der Waals surface area (Å²) in [5.41, 5.74) is 3.19. The van der Waals surface area contributed by atoms with Gasteiger partial charge >= 0.3 is 6.03 Å². The van der Waals surface area contributed by atoms with Gasteiger partial charge < -0.3 is 15.5 Å². The lowest BCUT2D eigenvalue weighted by atomic mass is 9.92. The molecule has 0 radical (unpaired) electrons. The van der Waals surface area contributed by atoms with Gasteiger partial charge in [0.2, 0.25) is 5.91 Å². The highest BCUT2D eigenvalue weighted by atomic mass is 35.5. The van der Waals surface area contributed by atoms with Crippen LogP contribution in [0.1, 0.15) is 51.8 Å². The maximum atomic E-state index is 13.1. The van der Waals surface area contributed by atoms with Crippen molar-refractivity contribution in [3.63, 3.8) is 0 Å². The second-order valence-corrected chi connectivity index (χ2v) is 10.1. The van der Waals surface area contributed by atoms with Crippen molar-refractivity contribution in [1.82, 2.24) is 14.7 Å². The number of aryl methyl sites for hydroxylation is 1. The fourth-order valence-corrected chi connectivity index (χ4v) is 3.71. The number of carbonyl (C=O) groups is 2. The van der Waals surface area contributed by atoms with Crippen LogP contribution in [0, 0.1) is 6.92 Å². The Morgan fingerprint density at radius 3 is 2.46 bits per heavy atom. The van der Waals surface area contributed by atoms with E-state index in [0.29, 0.717) is 23.1 Å². The quantitative estimate of drug-likeness (QED) is 0.379. The summed E-state index contributed by atoms with van der Waals surface area (Å²) in [5, 5.41) is 11.1. The number of nitrogens with zero attached hydrogens (tertiary/aromatic N) is 3. The van der Waals surface area contributed by atoms with Crippen molar-refractivity contribution in [2.75, 3.05) is 23.7 Å². The standard InChI is InChI=1S/C27H34ClN5O2/c1-6-7-14-32(26(35)29-21-12-9-11-20(28)16-21)18-25(34)30-24-17-23(27(3,4)5)31-33(24)22-13-8-10-19(2)15-22/h8-13,15-17H,6-7,14,18H2,1-5H3,(H,29,35)(H,30,34). The second kappa shape index (κ2) is 11.4. The van der Waals surface area contributed by atoms with Crippen LogP contribution in [-0.4, -0.2) is 39.7 Å². The first-order valence-corrected chi connectivity index (χ1v) is 12.2. The van der Waals surface area contributed by atoms with E-state index in [1.165, 1.54) is 4.90 Å². The van der Waals surface area contributed by atoms with E-state index in [4.69, 9.17) is 16.7 Å². The Balaban J connectivity index is 1.81. The molecule has 0 spiro atoms. The monoisotopic (exact) mass is 495 g/mol. The maximum absolute atomic E-state index is 13.1. The third-order valence-corrected chi connectivity index (χ3v) is 5.71. The zero-order valence-electron chi connectivity index (χ0n) is 21.1. The van der Waals surface area contributed by atoms with Crippen molar-refractivity contribution in [3.05, 3.63) is 70.9 Å². The van der Waals surface area contributed by atoms with Gasteiger partial charge in [0.25, 0.3) is 0 Å². The van der Waals surface area contributed by atoms with Crippen molar-refractivity contribution in [3.8, 4) is 5.69 Å². The topological polar surface area (TPSA) is 79.3 Å². The van der Waals surface area contributed by atoms with Gasteiger partial charge in [-0.25, -0.2) is 9.48 Å².